The van der Waals surface area contributed by atoms with Gasteiger partial charge in [-0.05, 0) is 12.1 Å². The summed E-state index contributed by atoms with van der Waals surface area (Å²) in [5.41, 5.74) is 2.55. The van der Waals surface area contributed by atoms with Crippen LogP contribution >= 0.6 is 0 Å². The average molecular weight is 351 g/mol. The molecule has 1 aliphatic heterocycles. The van der Waals surface area contributed by atoms with Crippen molar-refractivity contribution in [2.45, 2.75) is 6.42 Å². The van der Waals surface area contributed by atoms with E-state index >= 15 is 0 Å². The van der Waals surface area contributed by atoms with E-state index in [4.69, 9.17) is 5.26 Å². The Morgan fingerprint density at radius 3 is 2.62 bits per heavy atom. The van der Waals surface area contributed by atoms with E-state index in [2.05, 4.69) is 14.7 Å². The largest absolute Gasteiger partial charge is 0.469 e. The first-order valence-electron chi connectivity index (χ1n) is 8.08. The second-order valence-corrected chi connectivity index (χ2v) is 5.69. The monoisotopic (exact) mass is 351 g/mol. The second kappa shape index (κ2) is 7.61. The Morgan fingerprint density at radius 2 is 2.00 bits per heavy atom. The zero-order valence-electron chi connectivity index (χ0n) is 14.3. The fourth-order valence-corrected chi connectivity index (χ4v) is 2.70. The highest BCUT2D eigenvalue weighted by Crippen LogP contribution is 2.24. The number of rotatable bonds is 5. The van der Waals surface area contributed by atoms with Crippen molar-refractivity contribution < 1.29 is 14.3 Å². The molecule has 26 heavy (non-hydrogen) atoms. The quantitative estimate of drug-likeness (QED) is 0.762. The van der Waals surface area contributed by atoms with E-state index in [1.54, 1.807) is 16.0 Å². The molecule has 0 radical (unpaired) electrons. The summed E-state index contributed by atoms with van der Waals surface area (Å²) in [6, 6.07) is 9.21. The van der Waals surface area contributed by atoms with Gasteiger partial charge in [-0.2, -0.15) is 5.26 Å². The summed E-state index contributed by atoms with van der Waals surface area (Å²) in [4.78, 5) is 35.2. The Labute approximate surface area is 150 Å². The zero-order chi connectivity index (χ0) is 18.5. The number of benzene rings is 1. The van der Waals surface area contributed by atoms with E-state index in [0.29, 0.717) is 25.3 Å². The normalized spacial score (nSPS) is 13.6. The van der Waals surface area contributed by atoms with Crippen molar-refractivity contribution >= 4 is 17.7 Å². The van der Waals surface area contributed by atoms with Crippen molar-refractivity contribution in [2.75, 3.05) is 31.6 Å². The number of hydrogen-bond acceptors (Lipinski definition) is 6. The molecule has 2 amide bonds. The van der Waals surface area contributed by atoms with Crippen LogP contribution in [-0.2, 0) is 9.53 Å². The molecule has 0 atom stereocenters. The Bertz CT molecular complexity index is 843. The molecule has 0 spiro atoms. The Kier molecular flexibility index (Phi) is 5.08. The van der Waals surface area contributed by atoms with Gasteiger partial charge in [0.15, 0.2) is 5.69 Å². The number of carbonyl (C=O) groups is 2. The molecule has 8 heteroatoms. The van der Waals surface area contributed by atoms with E-state index in [0.717, 1.165) is 11.3 Å². The number of nitrogens with zero attached hydrogens (tertiary/aromatic N) is 5. The van der Waals surface area contributed by atoms with E-state index in [1.165, 1.54) is 13.3 Å². The summed E-state index contributed by atoms with van der Waals surface area (Å²) in [6.07, 6.45) is 3.15. The number of nitriles is 1. The lowest BCUT2D eigenvalue weighted by molar-refractivity contribution is -0.140. The van der Waals surface area contributed by atoms with Gasteiger partial charge < -0.3 is 9.64 Å². The van der Waals surface area contributed by atoms with Crippen molar-refractivity contribution in [1.29, 1.82) is 5.26 Å². The summed E-state index contributed by atoms with van der Waals surface area (Å²) in [5, 5.41) is 8.77. The van der Waals surface area contributed by atoms with Crippen molar-refractivity contribution in [2.24, 2.45) is 0 Å². The van der Waals surface area contributed by atoms with Crippen molar-refractivity contribution in [3.63, 3.8) is 0 Å². The topological polar surface area (TPSA) is 99.4 Å². The van der Waals surface area contributed by atoms with Crippen LogP contribution in [0.3, 0.4) is 0 Å². The SMILES string of the molecule is COC(=O)CCN1CCN(c2ccc(-c3cnc(C#N)cn3)cc2)C1=O. The van der Waals surface area contributed by atoms with Crippen molar-refractivity contribution in [1.82, 2.24) is 14.9 Å². The van der Waals surface area contributed by atoms with Crippen LogP contribution in [0.2, 0.25) is 0 Å². The van der Waals surface area contributed by atoms with Crippen LogP contribution < -0.4 is 4.90 Å². The molecule has 1 aromatic heterocycles. The van der Waals surface area contributed by atoms with E-state index in [-0.39, 0.29) is 24.1 Å². The second-order valence-electron chi connectivity index (χ2n) is 5.69. The molecular weight excluding hydrogens is 334 g/mol. The van der Waals surface area contributed by atoms with Gasteiger partial charge in [0.25, 0.3) is 0 Å². The van der Waals surface area contributed by atoms with Gasteiger partial charge in [-0.1, -0.05) is 12.1 Å². The minimum absolute atomic E-state index is 0.125. The van der Waals surface area contributed by atoms with Gasteiger partial charge in [0.2, 0.25) is 0 Å². The summed E-state index contributed by atoms with van der Waals surface area (Å²) in [7, 11) is 1.33. The Hall–Kier alpha value is -3.47. The molecule has 0 N–H and O–H groups in total. The third kappa shape index (κ3) is 3.62. The molecule has 132 valence electrons. The maximum absolute atomic E-state index is 12.5. The van der Waals surface area contributed by atoms with E-state index in [9.17, 15) is 9.59 Å². The van der Waals surface area contributed by atoms with Gasteiger partial charge in [0.05, 0.1) is 31.6 Å². The molecule has 1 saturated heterocycles. The maximum atomic E-state index is 12.5. The van der Waals surface area contributed by atoms with Crippen LogP contribution in [0.1, 0.15) is 12.1 Å². The Balaban J connectivity index is 1.68. The highest BCUT2D eigenvalue weighted by molar-refractivity contribution is 5.94. The number of hydrogen-bond donors (Lipinski definition) is 0. The number of ether oxygens (including phenoxy) is 1. The van der Waals surface area contributed by atoms with Gasteiger partial charge >= 0.3 is 12.0 Å². The lowest BCUT2D eigenvalue weighted by Crippen LogP contribution is -2.33. The first-order valence-corrected chi connectivity index (χ1v) is 8.08. The van der Waals surface area contributed by atoms with Crippen LogP contribution in [-0.4, -0.2) is 53.6 Å². The standard InChI is InChI=1S/C18H17N5O3/c1-26-17(24)6-7-22-8-9-23(18(22)25)15-4-2-13(3-5-15)16-12-20-14(10-19)11-21-16/h2-5,11-12H,6-9H2,1H3. The van der Waals surface area contributed by atoms with Gasteiger partial charge in [0.1, 0.15) is 6.07 Å². The van der Waals surface area contributed by atoms with Crippen LogP contribution in [0.25, 0.3) is 11.3 Å². The van der Waals surface area contributed by atoms with Crippen LogP contribution in [0.15, 0.2) is 36.7 Å². The maximum Gasteiger partial charge on any atom is 0.324 e. The molecule has 0 saturated carbocycles. The molecule has 2 heterocycles. The highest BCUT2D eigenvalue weighted by atomic mass is 16.5. The summed E-state index contributed by atoms with van der Waals surface area (Å²) in [6.45, 7) is 1.48. The van der Waals surface area contributed by atoms with Gasteiger partial charge in [-0.3, -0.25) is 14.7 Å². The van der Waals surface area contributed by atoms with Gasteiger partial charge in [-0.25, -0.2) is 9.78 Å². The van der Waals surface area contributed by atoms with Crippen LogP contribution in [0.4, 0.5) is 10.5 Å². The Morgan fingerprint density at radius 1 is 1.23 bits per heavy atom. The molecule has 1 aliphatic rings. The van der Waals surface area contributed by atoms with Gasteiger partial charge in [-0.15, -0.1) is 0 Å². The van der Waals surface area contributed by atoms with E-state index in [1.807, 2.05) is 30.3 Å². The molecule has 0 aliphatic carbocycles. The number of esters is 1. The minimum atomic E-state index is -0.330. The summed E-state index contributed by atoms with van der Waals surface area (Å²) >= 11 is 0. The summed E-state index contributed by atoms with van der Waals surface area (Å²) < 4.78 is 4.61. The minimum Gasteiger partial charge on any atom is -0.469 e. The molecule has 0 bridgehead atoms. The lowest BCUT2D eigenvalue weighted by atomic mass is 10.1. The van der Waals surface area contributed by atoms with E-state index < -0.39 is 0 Å². The van der Waals surface area contributed by atoms with Crippen LogP contribution in [0.5, 0.6) is 0 Å². The molecule has 1 fully saturated rings. The average Bonchev–Trinajstić information content (AvgIpc) is 3.06. The fourth-order valence-electron chi connectivity index (χ4n) is 2.70. The predicted octanol–water partition coefficient (Wildman–Crippen LogP) is 1.82. The van der Waals surface area contributed by atoms with Crippen molar-refractivity contribution in [3.05, 3.63) is 42.4 Å². The predicted molar refractivity (Wildman–Crippen MR) is 93.1 cm³/mol. The zero-order valence-corrected chi connectivity index (χ0v) is 14.3. The van der Waals surface area contributed by atoms with Crippen molar-refractivity contribution in [3.8, 4) is 17.3 Å². The number of amides is 2. The lowest BCUT2D eigenvalue weighted by Gasteiger charge is -2.18. The third-order valence-corrected chi connectivity index (χ3v) is 4.15. The number of anilines is 1. The number of urea groups is 1. The summed E-state index contributed by atoms with van der Waals surface area (Å²) in [5.74, 6) is -0.330. The molecule has 3 rings (SSSR count). The fraction of sp³-hybridized carbons (Fsp3) is 0.278. The molecule has 0 unspecified atom stereocenters. The third-order valence-electron chi connectivity index (χ3n) is 4.15. The number of methoxy groups -OCH3 is 1. The van der Waals surface area contributed by atoms with Gasteiger partial charge in [0, 0.05) is 30.9 Å². The molecular formula is C18H17N5O3. The molecule has 1 aromatic carbocycles. The highest BCUT2D eigenvalue weighted by Gasteiger charge is 2.29. The smallest absolute Gasteiger partial charge is 0.324 e. The van der Waals surface area contributed by atoms with Crippen LogP contribution in [0, 0.1) is 11.3 Å². The number of aromatic nitrogens is 2. The number of carbonyl (C=O) groups excluding carboxylic acids is 2. The molecule has 2 aromatic rings. The first-order chi connectivity index (χ1) is 12.6. The first kappa shape index (κ1) is 17.4. The molecule has 8 nitrogen and oxygen atoms in total.